The Kier molecular flexibility index (Phi) is 8.03. The quantitative estimate of drug-likeness (QED) is 0.540. The van der Waals surface area contributed by atoms with Gasteiger partial charge in [-0.15, -0.1) is 0 Å². The van der Waals surface area contributed by atoms with Gasteiger partial charge in [-0.25, -0.2) is 13.2 Å². The third-order valence-electron chi connectivity index (χ3n) is 4.76. The molecule has 0 saturated carbocycles. The Balaban J connectivity index is 1.59. The van der Waals surface area contributed by atoms with E-state index in [1.807, 2.05) is 30.3 Å². The number of ether oxygens (including phenoxy) is 2. The van der Waals surface area contributed by atoms with Crippen molar-refractivity contribution in [2.45, 2.75) is 11.4 Å². The first-order chi connectivity index (χ1) is 15.4. The van der Waals surface area contributed by atoms with Gasteiger partial charge in [-0.2, -0.15) is 4.31 Å². The molecule has 1 saturated heterocycles. The van der Waals surface area contributed by atoms with E-state index in [4.69, 9.17) is 9.47 Å². The van der Waals surface area contributed by atoms with Crippen molar-refractivity contribution >= 4 is 27.6 Å². The number of sulfonamides is 1. The Morgan fingerprint density at radius 2 is 1.78 bits per heavy atom. The maximum atomic E-state index is 12.9. The molecule has 10 nitrogen and oxygen atoms in total. The van der Waals surface area contributed by atoms with Crippen LogP contribution in [0.1, 0.15) is 5.56 Å². The van der Waals surface area contributed by atoms with Gasteiger partial charge in [0.25, 0.3) is 0 Å². The van der Waals surface area contributed by atoms with Crippen molar-refractivity contribution in [1.82, 2.24) is 14.9 Å². The Hall–Kier alpha value is -3.15. The van der Waals surface area contributed by atoms with Crippen LogP contribution in [-0.2, 0) is 26.1 Å². The summed E-state index contributed by atoms with van der Waals surface area (Å²) in [6.45, 7) is 1.21. The zero-order valence-corrected chi connectivity index (χ0v) is 18.5. The Bertz CT molecular complexity index is 1040. The summed E-state index contributed by atoms with van der Waals surface area (Å²) in [5.41, 5.74) is 1.12. The third-order valence-corrected chi connectivity index (χ3v) is 6.65. The topological polar surface area (TPSA) is 126 Å². The van der Waals surface area contributed by atoms with Gasteiger partial charge < -0.3 is 25.4 Å². The lowest BCUT2D eigenvalue weighted by Crippen LogP contribution is -2.40. The van der Waals surface area contributed by atoms with Crippen molar-refractivity contribution in [3.8, 4) is 5.75 Å². The molecule has 3 rings (SSSR count). The minimum atomic E-state index is -3.74. The molecule has 2 aromatic rings. The predicted octanol–water partition coefficient (Wildman–Crippen LogP) is 1.15. The molecule has 0 spiro atoms. The molecule has 32 heavy (non-hydrogen) atoms. The standard InChI is InChI=1S/C21H26N4O6S/c1-30-19-8-7-17(32(28,29)25-9-11-31-12-10-25)13-18(19)24-20(26)15-23-21(27)22-14-16-5-3-2-4-6-16/h2-8,13H,9-12,14-15H2,1H3,(H,24,26)(H2,22,23,27). The van der Waals surface area contributed by atoms with E-state index in [9.17, 15) is 18.0 Å². The van der Waals surface area contributed by atoms with E-state index in [1.54, 1.807) is 0 Å². The van der Waals surface area contributed by atoms with Gasteiger partial charge in [0.1, 0.15) is 5.75 Å². The highest BCUT2D eigenvalue weighted by Crippen LogP contribution is 2.29. The van der Waals surface area contributed by atoms with Gasteiger partial charge in [0.05, 0.1) is 37.5 Å². The highest BCUT2D eigenvalue weighted by atomic mass is 32.2. The fraction of sp³-hybridized carbons (Fsp3) is 0.333. The summed E-state index contributed by atoms with van der Waals surface area (Å²) < 4.78 is 37.5. The van der Waals surface area contributed by atoms with E-state index in [0.29, 0.717) is 25.5 Å². The van der Waals surface area contributed by atoms with Gasteiger partial charge in [0.15, 0.2) is 0 Å². The molecule has 0 bridgehead atoms. The van der Waals surface area contributed by atoms with Crippen molar-refractivity contribution in [2.75, 3.05) is 45.3 Å². The molecule has 1 aliphatic rings. The first-order valence-electron chi connectivity index (χ1n) is 10.0. The lowest BCUT2D eigenvalue weighted by molar-refractivity contribution is -0.115. The molecule has 172 valence electrons. The Morgan fingerprint density at radius 1 is 1.06 bits per heavy atom. The number of hydrogen-bond acceptors (Lipinski definition) is 6. The second-order valence-corrected chi connectivity index (χ2v) is 8.89. The number of amides is 3. The number of carbonyl (C=O) groups is 2. The number of hydrogen-bond donors (Lipinski definition) is 3. The second-order valence-electron chi connectivity index (χ2n) is 6.95. The number of morpholine rings is 1. The molecule has 0 aromatic heterocycles. The number of nitrogens with zero attached hydrogens (tertiary/aromatic N) is 1. The molecule has 1 aliphatic heterocycles. The molecule has 0 unspecified atom stereocenters. The van der Waals surface area contributed by atoms with Gasteiger partial charge in [0.2, 0.25) is 15.9 Å². The third kappa shape index (κ3) is 6.19. The highest BCUT2D eigenvalue weighted by molar-refractivity contribution is 7.89. The van der Waals surface area contributed by atoms with Crippen LogP contribution in [-0.4, -0.2) is 64.6 Å². The summed E-state index contributed by atoms with van der Waals surface area (Å²) in [7, 11) is -2.32. The van der Waals surface area contributed by atoms with Crippen LogP contribution in [0.3, 0.4) is 0 Å². The van der Waals surface area contributed by atoms with Crippen LogP contribution >= 0.6 is 0 Å². The molecule has 11 heteroatoms. The number of rotatable bonds is 8. The Morgan fingerprint density at radius 3 is 2.47 bits per heavy atom. The van der Waals surface area contributed by atoms with Crippen LogP contribution in [0, 0.1) is 0 Å². The van der Waals surface area contributed by atoms with Crippen LogP contribution in [0.2, 0.25) is 0 Å². The summed E-state index contributed by atoms with van der Waals surface area (Å²) in [5.74, 6) is -0.230. The summed E-state index contributed by atoms with van der Waals surface area (Å²) >= 11 is 0. The van der Waals surface area contributed by atoms with Crippen LogP contribution < -0.4 is 20.7 Å². The van der Waals surface area contributed by atoms with E-state index in [2.05, 4.69) is 16.0 Å². The number of urea groups is 1. The maximum absolute atomic E-state index is 12.9. The average molecular weight is 463 g/mol. The smallest absolute Gasteiger partial charge is 0.315 e. The van der Waals surface area contributed by atoms with Gasteiger partial charge in [-0.05, 0) is 23.8 Å². The largest absolute Gasteiger partial charge is 0.495 e. The van der Waals surface area contributed by atoms with Gasteiger partial charge >= 0.3 is 6.03 Å². The Labute approximate surface area is 186 Å². The van der Waals surface area contributed by atoms with Crippen LogP contribution in [0.5, 0.6) is 5.75 Å². The van der Waals surface area contributed by atoms with Crippen molar-refractivity contribution in [3.63, 3.8) is 0 Å². The minimum absolute atomic E-state index is 0.0315. The molecule has 2 aromatic carbocycles. The lowest BCUT2D eigenvalue weighted by atomic mass is 10.2. The van der Waals surface area contributed by atoms with Gasteiger partial charge in [0, 0.05) is 19.6 Å². The van der Waals surface area contributed by atoms with Crippen LogP contribution in [0.25, 0.3) is 0 Å². The molecular formula is C21H26N4O6S. The molecular weight excluding hydrogens is 436 g/mol. The van der Waals surface area contributed by atoms with Crippen LogP contribution in [0.4, 0.5) is 10.5 Å². The fourth-order valence-corrected chi connectivity index (χ4v) is 4.51. The van der Waals surface area contributed by atoms with Crippen molar-refractivity contribution < 1.29 is 27.5 Å². The molecule has 0 radical (unpaired) electrons. The molecule has 0 aliphatic carbocycles. The van der Waals surface area contributed by atoms with Crippen molar-refractivity contribution in [2.24, 2.45) is 0 Å². The van der Waals surface area contributed by atoms with E-state index in [0.717, 1.165) is 5.56 Å². The second kappa shape index (κ2) is 10.9. The van der Waals surface area contributed by atoms with E-state index in [-0.39, 0.29) is 30.2 Å². The average Bonchev–Trinajstić information content (AvgIpc) is 2.82. The normalized spacial score (nSPS) is 14.4. The van der Waals surface area contributed by atoms with Crippen molar-refractivity contribution in [1.29, 1.82) is 0 Å². The maximum Gasteiger partial charge on any atom is 0.315 e. The monoisotopic (exact) mass is 462 g/mol. The number of benzene rings is 2. The first kappa shape index (κ1) is 23.5. The molecule has 1 heterocycles. The van der Waals surface area contributed by atoms with E-state index >= 15 is 0 Å². The number of carbonyl (C=O) groups excluding carboxylic acids is 2. The predicted molar refractivity (Wildman–Crippen MR) is 118 cm³/mol. The minimum Gasteiger partial charge on any atom is -0.495 e. The SMILES string of the molecule is COc1ccc(S(=O)(=O)N2CCOCC2)cc1NC(=O)CNC(=O)NCc1ccccc1. The number of methoxy groups -OCH3 is 1. The van der Waals surface area contributed by atoms with Crippen molar-refractivity contribution in [3.05, 3.63) is 54.1 Å². The molecule has 3 N–H and O–H groups in total. The zero-order chi connectivity index (χ0) is 23.0. The fourth-order valence-electron chi connectivity index (χ4n) is 3.08. The van der Waals surface area contributed by atoms with E-state index < -0.39 is 22.0 Å². The molecule has 0 atom stereocenters. The lowest BCUT2D eigenvalue weighted by Gasteiger charge is -2.26. The first-order valence-corrected chi connectivity index (χ1v) is 11.5. The summed E-state index contributed by atoms with van der Waals surface area (Å²) in [6.07, 6.45) is 0. The molecule has 3 amide bonds. The summed E-state index contributed by atoms with van der Waals surface area (Å²) in [6, 6.07) is 13.1. The summed E-state index contributed by atoms with van der Waals surface area (Å²) in [4.78, 5) is 24.3. The van der Waals surface area contributed by atoms with Gasteiger partial charge in [-0.1, -0.05) is 30.3 Å². The van der Waals surface area contributed by atoms with Crippen LogP contribution in [0.15, 0.2) is 53.4 Å². The zero-order valence-electron chi connectivity index (χ0n) is 17.7. The summed E-state index contributed by atoms with van der Waals surface area (Å²) in [5, 5.41) is 7.71. The molecule has 1 fully saturated rings. The highest BCUT2D eigenvalue weighted by Gasteiger charge is 2.27. The van der Waals surface area contributed by atoms with Gasteiger partial charge in [-0.3, -0.25) is 4.79 Å². The van der Waals surface area contributed by atoms with E-state index in [1.165, 1.54) is 29.6 Å². The number of nitrogens with one attached hydrogen (secondary N) is 3. The number of anilines is 1.